The van der Waals surface area contributed by atoms with E-state index in [-0.39, 0.29) is 13.0 Å². The molecule has 0 unspecified atom stereocenters. The summed E-state index contributed by atoms with van der Waals surface area (Å²) in [7, 11) is -2.89. The molecule has 0 bridgehead atoms. The van der Waals surface area contributed by atoms with Crippen molar-refractivity contribution in [2.75, 3.05) is 13.6 Å². The van der Waals surface area contributed by atoms with Gasteiger partial charge in [-0.2, -0.15) is 0 Å². The lowest BCUT2D eigenvalue weighted by Gasteiger charge is -2.21. The number of sulfonamides is 1. The van der Waals surface area contributed by atoms with E-state index < -0.39 is 37.7 Å². The Kier molecular flexibility index (Phi) is 8.62. The molecule has 0 aliphatic heterocycles. The number of ether oxygens (including phenoxy) is 1. The number of H-pyrrole nitrogens is 1. The Labute approximate surface area is 165 Å². The Bertz CT molecular complexity index is 880. The maximum Gasteiger partial charge on any atom is 0.328 e. The largest absolute Gasteiger partial charge is 0.460 e. The van der Waals surface area contributed by atoms with Crippen molar-refractivity contribution in [1.29, 1.82) is 0 Å². The number of aryl methyl sites for hydroxylation is 1. The summed E-state index contributed by atoms with van der Waals surface area (Å²) in [5.74, 6) is -0.538. The number of hydrogen-bond donors (Lipinski definition) is 1. The van der Waals surface area contributed by atoms with Crippen molar-refractivity contribution in [2.24, 2.45) is 0 Å². The van der Waals surface area contributed by atoms with Gasteiger partial charge < -0.3 is 4.74 Å². The first-order valence-electron chi connectivity index (χ1n) is 9.40. The number of aromatic nitrogens is 2. The van der Waals surface area contributed by atoms with Crippen LogP contribution in [0.5, 0.6) is 0 Å². The maximum atomic E-state index is 12.7. The molecule has 0 aliphatic rings. The summed E-state index contributed by atoms with van der Waals surface area (Å²) in [6.07, 6.45) is 4.57. The second-order valence-electron chi connectivity index (χ2n) is 7.67. The number of nitrogens with one attached hydrogen (secondary N) is 1. The van der Waals surface area contributed by atoms with E-state index in [0.717, 1.165) is 29.8 Å². The molecule has 0 saturated heterocycles. The quantitative estimate of drug-likeness (QED) is 0.455. The maximum absolute atomic E-state index is 12.7. The first-order chi connectivity index (χ1) is 12.9. The summed E-state index contributed by atoms with van der Waals surface area (Å²) in [6, 6.07) is 0. The van der Waals surface area contributed by atoms with Crippen molar-refractivity contribution < 1.29 is 17.9 Å². The fourth-order valence-corrected chi connectivity index (χ4v) is 3.69. The fraction of sp³-hybridized carbons (Fsp3) is 0.722. The number of rotatable bonds is 10. The summed E-state index contributed by atoms with van der Waals surface area (Å²) >= 11 is 0. The van der Waals surface area contributed by atoms with Crippen LogP contribution in [0.4, 0.5) is 0 Å². The van der Waals surface area contributed by atoms with E-state index in [0.29, 0.717) is 13.0 Å². The molecule has 1 heterocycles. The van der Waals surface area contributed by atoms with Gasteiger partial charge in [0.1, 0.15) is 5.60 Å². The van der Waals surface area contributed by atoms with E-state index in [9.17, 15) is 22.8 Å². The minimum absolute atomic E-state index is 0.147. The highest BCUT2D eigenvalue weighted by Gasteiger charge is 2.26. The van der Waals surface area contributed by atoms with Crippen molar-refractivity contribution in [3.05, 3.63) is 27.0 Å². The van der Waals surface area contributed by atoms with E-state index >= 15 is 0 Å². The third kappa shape index (κ3) is 7.23. The summed E-state index contributed by atoms with van der Waals surface area (Å²) in [5, 5.41) is 0. The van der Waals surface area contributed by atoms with Gasteiger partial charge in [-0.15, -0.1) is 0 Å². The Morgan fingerprint density at radius 1 is 1.21 bits per heavy atom. The molecule has 0 spiro atoms. The van der Waals surface area contributed by atoms with Gasteiger partial charge in [0, 0.05) is 26.3 Å². The summed E-state index contributed by atoms with van der Waals surface area (Å²) in [5.41, 5.74) is -2.28. The zero-order valence-electron chi connectivity index (χ0n) is 17.3. The van der Waals surface area contributed by atoms with Gasteiger partial charge in [-0.25, -0.2) is 17.5 Å². The topological polar surface area (TPSA) is 119 Å². The highest BCUT2D eigenvalue weighted by molar-refractivity contribution is 7.89. The Morgan fingerprint density at radius 2 is 1.86 bits per heavy atom. The number of hydrogen-bond acceptors (Lipinski definition) is 6. The molecular formula is C18H31N3O6S. The van der Waals surface area contributed by atoms with Gasteiger partial charge in [-0.05, 0) is 27.2 Å². The lowest BCUT2D eigenvalue weighted by molar-refractivity contribution is -0.154. The second-order valence-corrected chi connectivity index (χ2v) is 9.68. The molecule has 1 aromatic heterocycles. The summed E-state index contributed by atoms with van der Waals surface area (Å²) < 4.78 is 32.7. The van der Waals surface area contributed by atoms with E-state index in [1.807, 2.05) is 0 Å². The van der Waals surface area contributed by atoms with Crippen molar-refractivity contribution in [3.8, 4) is 0 Å². The molecule has 0 atom stereocenters. The molecule has 1 rings (SSSR count). The first-order valence-corrected chi connectivity index (χ1v) is 10.8. The van der Waals surface area contributed by atoms with Crippen LogP contribution in [-0.2, 0) is 26.1 Å². The molecule has 1 aromatic rings. The molecule has 0 aromatic carbocycles. The van der Waals surface area contributed by atoms with Gasteiger partial charge in [0.25, 0.3) is 5.56 Å². The molecule has 0 radical (unpaired) electrons. The van der Waals surface area contributed by atoms with E-state index in [2.05, 4.69) is 11.9 Å². The highest BCUT2D eigenvalue weighted by Crippen LogP contribution is 2.12. The predicted octanol–water partition coefficient (Wildman–Crippen LogP) is 1.47. The van der Waals surface area contributed by atoms with Crippen LogP contribution in [0.2, 0.25) is 0 Å². The third-order valence-corrected chi connectivity index (χ3v) is 5.82. The van der Waals surface area contributed by atoms with Crippen LogP contribution in [0, 0.1) is 0 Å². The summed E-state index contributed by atoms with van der Waals surface area (Å²) in [6.45, 7) is 7.38. The van der Waals surface area contributed by atoms with Gasteiger partial charge in [-0.1, -0.05) is 26.2 Å². The second kappa shape index (κ2) is 10.0. The molecule has 28 heavy (non-hydrogen) atoms. The summed E-state index contributed by atoms with van der Waals surface area (Å²) in [4.78, 5) is 37.4. The number of nitrogens with zero attached hydrogens (tertiary/aromatic N) is 2. The van der Waals surface area contributed by atoms with Gasteiger partial charge in [0.05, 0.1) is 6.42 Å². The molecule has 0 aliphatic carbocycles. The number of carbonyl (C=O) groups excluding carboxylic acids is 1. The number of esters is 1. The van der Waals surface area contributed by atoms with Crippen LogP contribution < -0.4 is 11.2 Å². The van der Waals surface area contributed by atoms with Gasteiger partial charge in [-0.3, -0.25) is 19.1 Å². The molecule has 1 N–H and O–H groups in total. The Hall–Kier alpha value is -1.94. The lowest BCUT2D eigenvalue weighted by Crippen LogP contribution is -2.38. The molecule has 0 saturated carbocycles. The zero-order chi connectivity index (χ0) is 21.5. The smallest absolute Gasteiger partial charge is 0.328 e. The normalized spacial score (nSPS) is 12.4. The minimum Gasteiger partial charge on any atom is -0.460 e. The van der Waals surface area contributed by atoms with Crippen LogP contribution in [-0.4, -0.2) is 47.4 Å². The zero-order valence-corrected chi connectivity index (χ0v) is 18.1. The SMILES string of the molecule is CCCCCCn1cc(S(=O)(=O)N(C)CCC(=O)OC(C)(C)C)c(=O)[nH]c1=O. The number of carbonyl (C=O) groups is 1. The molecular weight excluding hydrogens is 386 g/mol. The van der Waals surface area contributed by atoms with Gasteiger partial charge >= 0.3 is 11.7 Å². The minimum atomic E-state index is -4.16. The van der Waals surface area contributed by atoms with Crippen LogP contribution >= 0.6 is 0 Å². The molecule has 0 fully saturated rings. The monoisotopic (exact) mass is 417 g/mol. The van der Waals surface area contributed by atoms with Crippen molar-refractivity contribution in [2.45, 2.75) is 76.8 Å². The van der Waals surface area contributed by atoms with Crippen LogP contribution in [0.1, 0.15) is 59.8 Å². The Morgan fingerprint density at radius 3 is 2.43 bits per heavy atom. The first kappa shape index (κ1) is 24.1. The van der Waals surface area contributed by atoms with Crippen LogP contribution in [0.15, 0.2) is 20.7 Å². The van der Waals surface area contributed by atoms with Crippen LogP contribution in [0.25, 0.3) is 0 Å². The average Bonchev–Trinajstić information content (AvgIpc) is 2.56. The van der Waals surface area contributed by atoms with Crippen molar-refractivity contribution in [3.63, 3.8) is 0 Å². The molecule has 0 amide bonds. The van der Waals surface area contributed by atoms with Crippen molar-refractivity contribution >= 4 is 16.0 Å². The highest BCUT2D eigenvalue weighted by atomic mass is 32.2. The third-order valence-electron chi connectivity index (χ3n) is 3.97. The number of aromatic amines is 1. The molecule has 9 nitrogen and oxygen atoms in total. The van der Waals surface area contributed by atoms with Crippen molar-refractivity contribution in [1.82, 2.24) is 13.9 Å². The average molecular weight is 418 g/mol. The molecule has 10 heteroatoms. The number of unbranched alkanes of at least 4 members (excludes halogenated alkanes) is 3. The van der Waals surface area contributed by atoms with E-state index in [1.54, 1.807) is 20.8 Å². The standard InChI is InChI=1S/C18H31N3O6S/c1-6-7-8-9-11-21-13-14(16(23)19-17(21)24)28(25,26)20(5)12-10-15(22)27-18(2,3)4/h13H,6-12H2,1-5H3,(H,19,23,24). The lowest BCUT2D eigenvalue weighted by atomic mass is 10.2. The van der Waals surface area contributed by atoms with Crippen LogP contribution in [0.3, 0.4) is 0 Å². The fourth-order valence-electron chi connectivity index (χ4n) is 2.48. The van der Waals surface area contributed by atoms with Gasteiger partial charge in [0.15, 0.2) is 4.90 Å². The van der Waals surface area contributed by atoms with E-state index in [4.69, 9.17) is 4.74 Å². The molecule has 160 valence electrons. The predicted molar refractivity (Wildman–Crippen MR) is 106 cm³/mol. The van der Waals surface area contributed by atoms with E-state index in [1.165, 1.54) is 11.6 Å². The Balaban J connectivity index is 2.95. The van der Waals surface area contributed by atoms with Gasteiger partial charge in [0.2, 0.25) is 10.0 Å².